The zero-order chi connectivity index (χ0) is 11.7. The molecular weight excluding hydrogens is 246 g/mol. The van der Waals surface area contributed by atoms with Gasteiger partial charge in [0.15, 0.2) is 5.67 Å². The molecule has 0 bridgehead atoms. The van der Waals surface area contributed by atoms with Crippen LogP contribution in [-0.2, 0) is 13.3 Å². The highest BCUT2D eigenvalue weighted by molar-refractivity contribution is 6.61. The Morgan fingerprint density at radius 3 is 1.88 bits per heavy atom. The molecule has 0 rings (SSSR count). The van der Waals surface area contributed by atoms with Crippen LogP contribution in [0.15, 0.2) is 0 Å². The third kappa shape index (κ3) is 5.12. The summed E-state index contributed by atoms with van der Waals surface area (Å²) in [7, 11) is 2.58. The van der Waals surface area contributed by atoms with E-state index in [0.717, 1.165) is 13.0 Å². The van der Waals surface area contributed by atoms with Crippen LogP contribution in [0.1, 0.15) is 33.1 Å². The van der Waals surface area contributed by atoms with Crippen molar-refractivity contribution in [2.24, 2.45) is 0 Å². The molecule has 4 nitrogen and oxygen atoms in total. The largest absolute Gasteiger partial charge is 1.00 e. The Labute approximate surface area is 107 Å². The third-order valence-corrected chi connectivity index (χ3v) is 6.02. The van der Waals surface area contributed by atoms with Crippen LogP contribution >= 0.6 is 0 Å². The summed E-state index contributed by atoms with van der Waals surface area (Å²) in [6, 6.07) is 0. The minimum Gasteiger partial charge on any atom is -1.00 e. The van der Waals surface area contributed by atoms with Gasteiger partial charge in [0, 0.05) is 27.8 Å². The van der Waals surface area contributed by atoms with E-state index in [0.29, 0.717) is 5.67 Å². The molecule has 16 heavy (non-hydrogen) atoms. The van der Waals surface area contributed by atoms with Crippen LogP contribution in [0, 0.1) is 0 Å². The van der Waals surface area contributed by atoms with Crippen molar-refractivity contribution in [3.63, 3.8) is 0 Å². The molecule has 0 aromatic heterocycles. The van der Waals surface area contributed by atoms with Gasteiger partial charge in [-0.05, 0) is 6.42 Å². The van der Waals surface area contributed by atoms with E-state index in [4.69, 9.17) is 13.3 Å². The molecule has 6 heteroatoms. The second kappa shape index (κ2) is 10.5. The molecule has 1 unspecified atom stereocenters. The molecule has 0 radical (unpaired) electrons. The summed E-state index contributed by atoms with van der Waals surface area (Å²) in [5.41, 5.74) is 0.309. The number of hydrogen-bond acceptors (Lipinski definition) is 3. The second-order valence-corrected chi connectivity index (χ2v) is 6.78. The number of unbranched alkanes of at least 4 members (excludes halogenated alkanes) is 1. The van der Waals surface area contributed by atoms with Crippen LogP contribution in [0.3, 0.4) is 0 Å². The number of quaternary nitrogens is 1. The number of nitrogens with two attached hydrogens (primary N) is 1. The molecule has 0 fully saturated rings. The van der Waals surface area contributed by atoms with E-state index in [1.165, 1.54) is 12.8 Å². The predicted octanol–water partition coefficient (Wildman–Crippen LogP) is -2.45. The van der Waals surface area contributed by atoms with Crippen LogP contribution in [-0.4, -0.2) is 42.3 Å². The first-order valence-electron chi connectivity index (χ1n) is 5.69. The van der Waals surface area contributed by atoms with E-state index < -0.39 is 8.80 Å². The van der Waals surface area contributed by atoms with Gasteiger partial charge in [-0.2, -0.15) is 0 Å². The fraction of sp³-hybridized carbons (Fsp3) is 1.00. The molecule has 0 spiro atoms. The lowest BCUT2D eigenvalue weighted by Crippen LogP contribution is -3.00. The maximum Gasteiger partial charge on any atom is 0.561 e. The number of halogens is 1. The summed E-state index contributed by atoms with van der Waals surface area (Å²) in [5, 5.41) is 2.30. The van der Waals surface area contributed by atoms with Gasteiger partial charge in [-0.1, -0.05) is 20.3 Å². The summed E-state index contributed by atoms with van der Waals surface area (Å²) in [6.45, 7) is 5.45. The van der Waals surface area contributed by atoms with Gasteiger partial charge in [-0.3, -0.25) is 0 Å². The minimum atomic E-state index is -2.45. The highest BCUT2D eigenvalue weighted by Crippen LogP contribution is 2.11. The van der Waals surface area contributed by atoms with E-state index >= 15 is 0 Å². The monoisotopic (exact) mass is 271 g/mol. The van der Waals surface area contributed by atoms with E-state index in [1.807, 2.05) is 0 Å². The molecule has 0 saturated carbocycles. The van der Waals surface area contributed by atoms with Crippen molar-refractivity contribution in [1.29, 1.82) is 0 Å². The van der Waals surface area contributed by atoms with Gasteiger partial charge in [0.25, 0.3) is 0 Å². The van der Waals surface area contributed by atoms with E-state index in [9.17, 15) is 0 Å². The van der Waals surface area contributed by atoms with Crippen LogP contribution in [0.5, 0.6) is 0 Å². The van der Waals surface area contributed by atoms with Gasteiger partial charge in [0.1, 0.15) is 0 Å². The third-order valence-electron chi connectivity index (χ3n) is 2.76. The topological polar surface area (TPSA) is 44.3 Å². The molecule has 0 aromatic rings. The summed E-state index contributed by atoms with van der Waals surface area (Å²) in [6.07, 6.45) is 3.44. The Kier molecular flexibility index (Phi) is 12.3. The molecule has 0 aliphatic carbocycles. The first-order valence-corrected chi connectivity index (χ1v) is 7.49. The average Bonchev–Trinajstić information content (AvgIpc) is 2.29. The summed E-state index contributed by atoms with van der Waals surface area (Å²) in [5.74, 6) is 0. The van der Waals surface area contributed by atoms with Crippen LogP contribution in [0.2, 0.25) is 0 Å². The fourth-order valence-corrected chi connectivity index (χ4v) is 4.15. The van der Waals surface area contributed by atoms with E-state index in [-0.39, 0.29) is 12.4 Å². The lowest BCUT2D eigenvalue weighted by molar-refractivity contribution is -0.678. The van der Waals surface area contributed by atoms with Crippen LogP contribution < -0.4 is 17.7 Å². The van der Waals surface area contributed by atoms with Crippen molar-refractivity contribution in [3.05, 3.63) is 0 Å². The van der Waals surface area contributed by atoms with Crippen molar-refractivity contribution in [3.8, 4) is 0 Å². The van der Waals surface area contributed by atoms with Crippen molar-refractivity contribution >= 4 is 8.80 Å². The molecule has 0 aliphatic rings. The summed E-state index contributed by atoms with van der Waals surface area (Å²) in [4.78, 5) is 0. The van der Waals surface area contributed by atoms with Crippen molar-refractivity contribution in [2.45, 2.75) is 38.8 Å². The lowest BCUT2D eigenvalue weighted by Gasteiger charge is -2.29. The zero-order valence-electron chi connectivity index (χ0n) is 11.1. The second-order valence-electron chi connectivity index (χ2n) is 3.61. The van der Waals surface area contributed by atoms with Gasteiger partial charge in [0.2, 0.25) is 0 Å². The van der Waals surface area contributed by atoms with Crippen LogP contribution in [0.4, 0.5) is 0 Å². The van der Waals surface area contributed by atoms with Gasteiger partial charge < -0.3 is 31.0 Å². The molecule has 0 amide bonds. The Bertz CT molecular complexity index is 151. The summed E-state index contributed by atoms with van der Waals surface area (Å²) < 4.78 is 16.4. The highest BCUT2D eigenvalue weighted by atomic mass is 35.5. The first-order chi connectivity index (χ1) is 7.20. The molecule has 0 saturated heterocycles. The maximum atomic E-state index is 5.48. The quantitative estimate of drug-likeness (QED) is 0.374. The molecule has 0 heterocycles. The Morgan fingerprint density at radius 1 is 1.06 bits per heavy atom. The minimum absolute atomic E-state index is 0. The van der Waals surface area contributed by atoms with Gasteiger partial charge in [0.05, 0.1) is 6.54 Å². The smallest absolute Gasteiger partial charge is 0.561 e. The molecular formula is C10H26ClNO3Si. The van der Waals surface area contributed by atoms with Gasteiger partial charge >= 0.3 is 8.80 Å². The van der Waals surface area contributed by atoms with Gasteiger partial charge in [-0.25, -0.2) is 0 Å². The standard InChI is InChI=1S/C10H25NO3Si.ClH/c1-6-8-9-11-10(7-2)15(12-3,13-4)14-5;/h10-11H,6-9H2,1-5H3;1H. The molecule has 0 aromatic carbocycles. The van der Waals surface area contributed by atoms with Crippen molar-refractivity contribution < 1.29 is 31.0 Å². The lowest BCUT2D eigenvalue weighted by atomic mass is 10.3. The fourth-order valence-electron chi connectivity index (χ4n) is 1.79. The molecule has 2 N–H and O–H groups in total. The maximum absolute atomic E-state index is 5.48. The molecule has 0 aliphatic heterocycles. The SMILES string of the molecule is CCCC[NH2+]C(CC)[Si](OC)(OC)OC.[Cl-]. The molecule has 1 atom stereocenters. The first kappa shape index (κ1) is 18.7. The van der Waals surface area contributed by atoms with E-state index in [1.54, 1.807) is 21.3 Å². The van der Waals surface area contributed by atoms with E-state index in [2.05, 4.69) is 19.2 Å². The zero-order valence-corrected chi connectivity index (χ0v) is 12.8. The Morgan fingerprint density at radius 2 is 1.56 bits per heavy atom. The predicted molar refractivity (Wildman–Crippen MR) is 62.6 cm³/mol. The average molecular weight is 272 g/mol. The molecule has 100 valence electrons. The normalized spacial score (nSPS) is 13.3. The van der Waals surface area contributed by atoms with Crippen molar-refractivity contribution in [1.82, 2.24) is 0 Å². The van der Waals surface area contributed by atoms with Crippen molar-refractivity contribution in [2.75, 3.05) is 27.9 Å². The Hall–Kier alpha value is 0.347. The number of rotatable bonds is 9. The van der Waals surface area contributed by atoms with Gasteiger partial charge in [-0.15, -0.1) is 0 Å². The number of hydrogen-bond donors (Lipinski definition) is 1. The van der Waals surface area contributed by atoms with Crippen LogP contribution in [0.25, 0.3) is 0 Å². The highest BCUT2D eigenvalue weighted by Gasteiger charge is 2.49. The summed E-state index contributed by atoms with van der Waals surface area (Å²) >= 11 is 0. The Balaban J connectivity index is 0.